The minimum atomic E-state index is -0.0785. The molecule has 0 radical (unpaired) electrons. The lowest BCUT2D eigenvalue weighted by Crippen LogP contribution is -2.27. The van der Waals surface area contributed by atoms with Gasteiger partial charge in [0, 0.05) is 18.1 Å². The van der Waals surface area contributed by atoms with Gasteiger partial charge in [0.05, 0.1) is 23.1 Å². The molecule has 0 saturated heterocycles. The summed E-state index contributed by atoms with van der Waals surface area (Å²) in [7, 11) is 1.77. The van der Waals surface area contributed by atoms with Crippen molar-refractivity contribution in [1.29, 1.82) is 0 Å². The molecule has 2 N–H and O–H groups in total. The van der Waals surface area contributed by atoms with Crippen molar-refractivity contribution in [2.24, 2.45) is 0 Å². The van der Waals surface area contributed by atoms with Crippen LogP contribution >= 0.6 is 15.9 Å². The Kier molecular flexibility index (Phi) is 4.39. The molecule has 104 valence electrons. The van der Waals surface area contributed by atoms with Crippen molar-refractivity contribution >= 4 is 27.5 Å². The minimum absolute atomic E-state index is 0.0785. The first-order chi connectivity index (χ1) is 9.47. The molecule has 0 atom stereocenters. The Morgan fingerprint density at radius 1 is 1.35 bits per heavy atom. The number of nitrogen functional groups attached to an aromatic ring is 1. The monoisotopic (exact) mass is 333 g/mol. The summed E-state index contributed by atoms with van der Waals surface area (Å²) in [5.41, 5.74) is 8.49. The normalized spacial score (nSPS) is 10.3. The second-order valence-electron chi connectivity index (χ2n) is 4.69. The van der Waals surface area contributed by atoms with Crippen LogP contribution in [-0.4, -0.2) is 22.8 Å². The highest BCUT2D eigenvalue weighted by atomic mass is 79.9. The van der Waals surface area contributed by atoms with Crippen LogP contribution in [0, 0.1) is 6.92 Å². The number of amides is 1. The number of hydrogen-bond donors (Lipinski definition) is 1. The predicted octanol–water partition coefficient (Wildman–Crippen LogP) is 3.01. The largest absolute Gasteiger partial charge is 0.397 e. The predicted molar refractivity (Wildman–Crippen MR) is 83.3 cm³/mol. The quantitative estimate of drug-likeness (QED) is 0.939. The fraction of sp³-hybridized carbons (Fsp3) is 0.200. The summed E-state index contributed by atoms with van der Waals surface area (Å²) in [4.78, 5) is 18.2. The van der Waals surface area contributed by atoms with Gasteiger partial charge in [0.2, 0.25) is 0 Å². The average molecular weight is 334 g/mol. The van der Waals surface area contributed by atoms with Crippen LogP contribution in [0.15, 0.2) is 41.0 Å². The van der Waals surface area contributed by atoms with Crippen molar-refractivity contribution in [2.75, 3.05) is 12.8 Å². The molecule has 0 spiro atoms. The van der Waals surface area contributed by atoms with E-state index in [1.165, 1.54) is 0 Å². The molecule has 2 aromatic rings. The number of nitrogens with two attached hydrogens (primary N) is 1. The van der Waals surface area contributed by atoms with Gasteiger partial charge in [-0.15, -0.1) is 0 Å². The number of carbonyl (C=O) groups is 1. The van der Waals surface area contributed by atoms with E-state index in [-0.39, 0.29) is 5.91 Å². The van der Waals surface area contributed by atoms with E-state index in [4.69, 9.17) is 5.73 Å². The summed E-state index contributed by atoms with van der Waals surface area (Å²) in [5, 5.41) is 0. The zero-order chi connectivity index (χ0) is 14.7. The molecular weight excluding hydrogens is 318 g/mol. The number of hydrogen-bond acceptors (Lipinski definition) is 3. The van der Waals surface area contributed by atoms with Crippen molar-refractivity contribution in [3.63, 3.8) is 0 Å². The Morgan fingerprint density at radius 2 is 2.00 bits per heavy atom. The smallest absolute Gasteiger partial charge is 0.255 e. The summed E-state index contributed by atoms with van der Waals surface area (Å²) >= 11 is 3.39. The third-order valence-electron chi connectivity index (χ3n) is 3.02. The standard InChI is InChI=1S/C15H16BrN3O/c1-10-14(7-13(17)8-18-10)15(20)19(2)9-11-3-5-12(16)6-4-11/h3-8H,9,17H2,1-2H3. The summed E-state index contributed by atoms with van der Waals surface area (Å²) < 4.78 is 1.02. The number of anilines is 1. The molecule has 1 amide bonds. The van der Waals surface area contributed by atoms with Crippen molar-refractivity contribution in [1.82, 2.24) is 9.88 Å². The summed E-state index contributed by atoms with van der Waals surface area (Å²) in [5.74, 6) is -0.0785. The van der Waals surface area contributed by atoms with E-state index in [1.54, 1.807) is 31.1 Å². The van der Waals surface area contributed by atoms with E-state index in [0.717, 1.165) is 10.0 Å². The van der Waals surface area contributed by atoms with Gasteiger partial charge >= 0.3 is 0 Å². The molecule has 1 heterocycles. The molecule has 0 aliphatic heterocycles. The van der Waals surface area contributed by atoms with Gasteiger partial charge in [-0.25, -0.2) is 0 Å². The summed E-state index contributed by atoms with van der Waals surface area (Å²) in [6.45, 7) is 2.35. The molecule has 0 bridgehead atoms. The van der Waals surface area contributed by atoms with Gasteiger partial charge in [-0.3, -0.25) is 9.78 Å². The maximum absolute atomic E-state index is 12.4. The third-order valence-corrected chi connectivity index (χ3v) is 3.55. The number of pyridine rings is 1. The second-order valence-corrected chi connectivity index (χ2v) is 5.60. The molecule has 5 heteroatoms. The number of nitrogens with zero attached hydrogens (tertiary/aromatic N) is 2. The molecule has 0 fully saturated rings. The van der Waals surface area contributed by atoms with E-state index in [1.807, 2.05) is 24.3 Å². The lowest BCUT2D eigenvalue weighted by atomic mass is 10.1. The molecule has 0 unspecified atom stereocenters. The van der Waals surface area contributed by atoms with E-state index in [2.05, 4.69) is 20.9 Å². The van der Waals surface area contributed by atoms with E-state index in [9.17, 15) is 4.79 Å². The fourth-order valence-corrected chi connectivity index (χ4v) is 2.17. The first kappa shape index (κ1) is 14.5. The molecule has 0 saturated carbocycles. The van der Waals surface area contributed by atoms with Gasteiger partial charge in [-0.05, 0) is 30.7 Å². The van der Waals surface area contributed by atoms with E-state index < -0.39 is 0 Å². The van der Waals surface area contributed by atoms with Gasteiger partial charge in [0.1, 0.15) is 0 Å². The number of benzene rings is 1. The molecule has 1 aromatic heterocycles. The molecule has 1 aromatic carbocycles. The molecule has 4 nitrogen and oxygen atoms in total. The molecular formula is C15H16BrN3O. The van der Waals surface area contributed by atoms with Crippen LogP contribution in [0.2, 0.25) is 0 Å². The van der Waals surface area contributed by atoms with Crippen LogP contribution < -0.4 is 5.73 Å². The van der Waals surface area contributed by atoms with Crippen LogP contribution in [0.25, 0.3) is 0 Å². The Hall–Kier alpha value is -1.88. The highest BCUT2D eigenvalue weighted by Gasteiger charge is 2.15. The van der Waals surface area contributed by atoms with Crippen LogP contribution in [0.3, 0.4) is 0 Å². The molecule has 2 rings (SSSR count). The Balaban J connectivity index is 2.16. The lowest BCUT2D eigenvalue weighted by molar-refractivity contribution is 0.0784. The SMILES string of the molecule is Cc1ncc(N)cc1C(=O)N(C)Cc1ccc(Br)cc1. The number of halogens is 1. The van der Waals surface area contributed by atoms with Crippen molar-refractivity contribution in [2.45, 2.75) is 13.5 Å². The average Bonchev–Trinajstić information content (AvgIpc) is 2.43. The number of aromatic nitrogens is 1. The van der Waals surface area contributed by atoms with Gasteiger partial charge in [-0.1, -0.05) is 28.1 Å². The number of carbonyl (C=O) groups excluding carboxylic acids is 1. The molecule has 0 aliphatic rings. The first-order valence-corrected chi connectivity index (χ1v) is 6.98. The molecule has 0 aliphatic carbocycles. The summed E-state index contributed by atoms with van der Waals surface area (Å²) in [6.07, 6.45) is 1.56. The maximum atomic E-state index is 12.4. The van der Waals surface area contributed by atoms with Crippen molar-refractivity contribution in [3.8, 4) is 0 Å². The van der Waals surface area contributed by atoms with Gasteiger partial charge in [-0.2, -0.15) is 0 Å². The zero-order valence-electron chi connectivity index (χ0n) is 11.4. The molecule has 20 heavy (non-hydrogen) atoms. The fourth-order valence-electron chi connectivity index (χ4n) is 1.91. The highest BCUT2D eigenvalue weighted by Crippen LogP contribution is 2.15. The summed E-state index contributed by atoms with van der Waals surface area (Å²) in [6, 6.07) is 9.56. The van der Waals surface area contributed by atoms with Crippen LogP contribution in [-0.2, 0) is 6.54 Å². The Labute approximate surface area is 126 Å². The Morgan fingerprint density at radius 3 is 2.65 bits per heavy atom. The highest BCUT2D eigenvalue weighted by molar-refractivity contribution is 9.10. The van der Waals surface area contributed by atoms with Crippen molar-refractivity contribution < 1.29 is 4.79 Å². The van der Waals surface area contributed by atoms with Gasteiger partial charge < -0.3 is 10.6 Å². The lowest BCUT2D eigenvalue weighted by Gasteiger charge is -2.18. The van der Waals surface area contributed by atoms with E-state index >= 15 is 0 Å². The third kappa shape index (κ3) is 3.36. The number of aryl methyl sites for hydroxylation is 1. The maximum Gasteiger partial charge on any atom is 0.255 e. The first-order valence-electron chi connectivity index (χ1n) is 6.19. The minimum Gasteiger partial charge on any atom is -0.397 e. The second kappa shape index (κ2) is 6.05. The van der Waals surface area contributed by atoms with Crippen LogP contribution in [0.1, 0.15) is 21.6 Å². The van der Waals surface area contributed by atoms with Crippen LogP contribution in [0.5, 0.6) is 0 Å². The zero-order valence-corrected chi connectivity index (χ0v) is 13.0. The van der Waals surface area contributed by atoms with Crippen LogP contribution in [0.4, 0.5) is 5.69 Å². The number of rotatable bonds is 3. The Bertz CT molecular complexity index is 626. The van der Waals surface area contributed by atoms with Crippen molar-refractivity contribution in [3.05, 3.63) is 57.8 Å². The van der Waals surface area contributed by atoms with Gasteiger partial charge in [0.25, 0.3) is 5.91 Å². The van der Waals surface area contributed by atoms with E-state index in [0.29, 0.717) is 23.5 Å². The topological polar surface area (TPSA) is 59.2 Å². The van der Waals surface area contributed by atoms with Gasteiger partial charge in [0.15, 0.2) is 0 Å².